The Hall–Kier alpha value is -2.69. The maximum absolute atomic E-state index is 11.9. The van der Waals surface area contributed by atoms with Gasteiger partial charge >= 0.3 is 0 Å². The van der Waals surface area contributed by atoms with E-state index in [1.165, 1.54) is 0 Å². The van der Waals surface area contributed by atoms with Gasteiger partial charge in [-0.25, -0.2) is 0 Å². The third-order valence-corrected chi connectivity index (χ3v) is 3.82. The van der Waals surface area contributed by atoms with Crippen LogP contribution in [0, 0.1) is 6.92 Å². The molecule has 0 saturated carbocycles. The Bertz CT molecular complexity index is 927. The standard InChI is InChI=1S/C17H17NO4/c1-9-8-12(19)18-15-13(9)16(21-3)10-6-5-7-11(20-2)14(10)17(15)22-4/h5-8H,1-4H3,(H,18,19). The Kier molecular flexibility index (Phi) is 3.41. The van der Waals surface area contributed by atoms with Crippen LogP contribution in [0.4, 0.5) is 0 Å². The summed E-state index contributed by atoms with van der Waals surface area (Å²) in [7, 11) is 4.79. The molecule has 1 aromatic heterocycles. The molecule has 0 spiro atoms. The summed E-state index contributed by atoms with van der Waals surface area (Å²) in [6.45, 7) is 1.88. The summed E-state index contributed by atoms with van der Waals surface area (Å²) in [6, 6.07) is 7.25. The van der Waals surface area contributed by atoms with Gasteiger partial charge in [-0.2, -0.15) is 0 Å². The summed E-state index contributed by atoms with van der Waals surface area (Å²) in [5.74, 6) is 1.93. The highest BCUT2D eigenvalue weighted by atomic mass is 16.5. The van der Waals surface area contributed by atoms with Crippen molar-refractivity contribution >= 4 is 21.7 Å². The minimum atomic E-state index is -0.181. The lowest BCUT2D eigenvalue weighted by Gasteiger charge is -2.17. The number of aromatic amines is 1. The van der Waals surface area contributed by atoms with Crippen molar-refractivity contribution in [3.05, 3.63) is 40.2 Å². The molecule has 0 aliphatic heterocycles. The molecule has 0 amide bonds. The molecule has 5 nitrogen and oxygen atoms in total. The van der Waals surface area contributed by atoms with Crippen LogP contribution in [0.1, 0.15) is 5.56 Å². The average Bonchev–Trinajstić information content (AvgIpc) is 2.52. The molecule has 3 aromatic rings. The van der Waals surface area contributed by atoms with E-state index in [0.717, 1.165) is 21.7 Å². The first-order chi connectivity index (χ1) is 10.6. The van der Waals surface area contributed by atoms with Crippen LogP contribution in [-0.4, -0.2) is 26.3 Å². The van der Waals surface area contributed by atoms with Crippen molar-refractivity contribution in [3.63, 3.8) is 0 Å². The second-order valence-corrected chi connectivity index (χ2v) is 5.02. The van der Waals surface area contributed by atoms with Crippen molar-refractivity contribution in [1.82, 2.24) is 4.98 Å². The first kappa shape index (κ1) is 14.3. The monoisotopic (exact) mass is 299 g/mol. The van der Waals surface area contributed by atoms with E-state index in [2.05, 4.69) is 4.98 Å². The summed E-state index contributed by atoms with van der Waals surface area (Å²) < 4.78 is 16.7. The van der Waals surface area contributed by atoms with Crippen LogP contribution in [0.2, 0.25) is 0 Å². The third kappa shape index (κ3) is 1.89. The van der Waals surface area contributed by atoms with Crippen LogP contribution in [-0.2, 0) is 0 Å². The largest absolute Gasteiger partial charge is 0.496 e. The van der Waals surface area contributed by atoms with Gasteiger partial charge in [0.1, 0.15) is 11.5 Å². The highest BCUT2D eigenvalue weighted by molar-refractivity contribution is 6.12. The number of hydrogen-bond acceptors (Lipinski definition) is 4. The van der Waals surface area contributed by atoms with Crippen LogP contribution in [0.25, 0.3) is 21.7 Å². The Morgan fingerprint density at radius 3 is 2.32 bits per heavy atom. The van der Waals surface area contributed by atoms with Crippen LogP contribution in [0.3, 0.4) is 0 Å². The summed E-state index contributed by atoms with van der Waals surface area (Å²) in [6.07, 6.45) is 0. The van der Waals surface area contributed by atoms with E-state index >= 15 is 0 Å². The van der Waals surface area contributed by atoms with Gasteiger partial charge < -0.3 is 19.2 Å². The SMILES string of the molecule is COc1cccc2c(OC)c3c(C)cc(=O)[nH]c3c(OC)c12. The zero-order chi connectivity index (χ0) is 15.9. The van der Waals surface area contributed by atoms with Gasteiger partial charge in [-0.15, -0.1) is 0 Å². The zero-order valence-corrected chi connectivity index (χ0v) is 12.9. The number of aromatic nitrogens is 1. The molecule has 1 N–H and O–H groups in total. The highest BCUT2D eigenvalue weighted by Gasteiger charge is 2.20. The van der Waals surface area contributed by atoms with Gasteiger partial charge in [0, 0.05) is 16.8 Å². The van der Waals surface area contributed by atoms with Crippen LogP contribution >= 0.6 is 0 Å². The van der Waals surface area contributed by atoms with Gasteiger partial charge in [-0.05, 0) is 18.6 Å². The number of nitrogens with one attached hydrogen (secondary N) is 1. The van der Waals surface area contributed by atoms with Gasteiger partial charge in [-0.1, -0.05) is 12.1 Å². The summed E-state index contributed by atoms with van der Waals surface area (Å²) in [5, 5.41) is 2.49. The molecule has 1 heterocycles. The second-order valence-electron chi connectivity index (χ2n) is 5.02. The smallest absolute Gasteiger partial charge is 0.248 e. The highest BCUT2D eigenvalue weighted by Crippen LogP contribution is 2.45. The molecule has 0 bridgehead atoms. The minimum absolute atomic E-state index is 0.181. The Labute approximate surface area is 127 Å². The molecule has 0 atom stereocenters. The number of pyridine rings is 1. The molecule has 3 rings (SSSR count). The second kappa shape index (κ2) is 5.26. The maximum Gasteiger partial charge on any atom is 0.248 e. The molecule has 0 radical (unpaired) electrons. The van der Waals surface area contributed by atoms with Gasteiger partial charge in [0.2, 0.25) is 5.56 Å². The van der Waals surface area contributed by atoms with E-state index in [0.29, 0.717) is 22.8 Å². The number of methoxy groups -OCH3 is 3. The fourth-order valence-electron chi connectivity index (χ4n) is 2.95. The number of benzene rings is 2. The molecule has 22 heavy (non-hydrogen) atoms. The first-order valence-corrected chi connectivity index (χ1v) is 6.86. The molecule has 0 fully saturated rings. The fourth-order valence-corrected chi connectivity index (χ4v) is 2.95. The van der Waals surface area contributed by atoms with E-state index in [1.807, 2.05) is 25.1 Å². The minimum Gasteiger partial charge on any atom is -0.496 e. The van der Waals surface area contributed by atoms with Crippen LogP contribution in [0.5, 0.6) is 17.2 Å². The van der Waals surface area contributed by atoms with Crippen LogP contribution in [0.15, 0.2) is 29.1 Å². The predicted molar refractivity (Wildman–Crippen MR) is 86.5 cm³/mol. The van der Waals surface area contributed by atoms with Crippen LogP contribution < -0.4 is 19.8 Å². The van der Waals surface area contributed by atoms with E-state index in [4.69, 9.17) is 14.2 Å². The van der Waals surface area contributed by atoms with Gasteiger partial charge in [0.25, 0.3) is 0 Å². The summed E-state index contributed by atoms with van der Waals surface area (Å²) >= 11 is 0. The average molecular weight is 299 g/mol. The van der Waals surface area contributed by atoms with Crippen molar-refractivity contribution in [2.45, 2.75) is 6.92 Å². The topological polar surface area (TPSA) is 60.5 Å². The number of H-pyrrole nitrogens is 1. The normalized spacial score (nSPS) is 10.9. The number of aryl methyl sites for hydroxylation is 1. The van der Waals surface area contributed by atoms with Gasteiger partial charge in [0.15, 0.2) is 5.75 Å². The zero-order valence-electron chi connectivity index (χ0n) is 12.9. The van der Waals surface area contributed by atoms with Crippen molar-refractivity contribution in [2.75, 3.05) is 21.3 Å². The first-order valence-electron chi connectivity index (χ1n) is 6.86. The van der Waals surface area contributed by atoms with E-state index in [1.54, 1.807) is 27.4 Å². The lowest BCUT2D eigenvalue weighted by Crippen LogP contribution is -2.07. The molecule has 0 saturated heterocycles. The van der Waals surface area contributed by atoms with Crippen molar-refractivity contribution in [2.24, 2.45) is 0 Å². The number of hydrogen-bond donors (Lipinski definition) is 1. The fraction of sp³-hybridized carbons (Fsp3) is 0.235. The predicted octanol–water partition coefficient (Wildman–Crippen LogP) is 3.02. The van der Waals surface area contributed by atoms with E-state index in [-0.39, 0.29) is 5.56 Å². The molecule has 114 valence electrons. The number of ether oxygens (including phenoxy) is 3. The van der Waals surface area contributed by atoms with Crippen molar-refractivity contribution in [1.29, 1.82) is 0 Å². The Balaban J connectivity index is 2.70. The molecular formula is C17H17NO4. The lowest BCUT2D eigenvalue weighted by atomic mass is 10.0. The summed E-state index contributed by atoms with van der Waals surface area (Å²) in [5.41, 5.74) is 1.26. The molecule has 5 heteroatoms. The Morgan fingerprint density at radius 2 is 1.68 bits per heavy atom. The number of rotatable bonds is 3. The van der Waals surface area contributed by atoms with E-state index in [9.17, 15) is 4.79 Å². The lowest BCUT2D eigenvalue weighted by molar-refractivity contribution is 0.404. The number of fused-ring (bicyclic) bond motifs is 2. The third-order valence-electron chi connectivity index (χ3n) is 3.82. The Morgan fingerprint density at radius 1 is 0.955 bits per heavy atom. The van der Waals surface area contributed by atoms with Gasteiger partial charge in [0.05, 0.1) is 32.2 Å². The quantitative estimate of drug-likeness (QED) is 0.755. The van der Waals surface area contributed by atoms with Gasteiger partial charge in [-0.3, -0.25) is 4.79 Å². The molecular weight excluding hydrogens is 282 g/mol. The molecule has 0 unspecified atom stereocenters. The maximum atomic E-state index is 11.9. The van der Waals surface area contributed by atoms with E-state index < -0.39 is 0 Å². The van der Waals surface area contributed by atoms with Crippen molar-refractivity contribution < 1.29 is 14.2 Å². The molecule has 0 aliphatic rings. The summed E-state index contributed by atoms with van der Waals surface area (Å²) in [4.78, 5) is 14.7. The molecule has 0 aliphatic carbocycles. The van der Waals surface area contributed by atoms with Crippen molar-refractivity contribution in [3.8, 4) is 17.2 Å². The molecule has 2 aromatic carbocycles.